The number of rotatable bonds is 9. The van der Waals surface area contributed by atoms with Gasteiger partial charge in [0.1, 0.15) is 23.8 Å². The molecule has 0 saturated carbocycles. The van der Waals surface area contributed by atoms with Crippen LogP contribution in [0.4, 0.5) is 11.5 Å². The number of nitrogens with zero attached hydrogens (tertiary/aromatic N) is 5. The number of nitrogen functional groups attached to an aromatic ring is 1. The fourth-order valence-electron chi connectivity index (χ4n) is 3.48. The zero-order valence-corrected chi connectivity index (χ0v) is 19.5. The molecule has 1 aliphatic rings. The molecule has 0 unspecified atom stereocenters. The fraction of sp³-hybridized carbons (Fsp3) is 0.389. The molecule has 0 amide bonds. The first kappa shape index (κ1) is 25.4. The Labute approximate surface area is 201 Å². The summed E-state index contributed by atoms with van der Waals surface area (Å²) >= 11 is 1.29. The highest BCUT2D eigenvalue weighted by Crippen LogP contribution is 2.39. The summed E-state index contributed by atoms with van der Waals surface area (Å²) < 4.78 is 22.3. The highest BCUT2D eigenvalue weighted by atomic mass is 32.2. The summed E-state index contributed by atoms with van der Waals surface area (Å²) in [6, 6.07) is 6.20. The maximum absolute atomic E-state index is 11.0. The Morgan fingerprint density at radius 2 is 1.94 bits per heavy atom. The van der Waals surface area contributed by atoms with Gasteiger partial charge in [-0.3, -0.25) is 19.2 Å². The van der Waals surface area contributed by atoms with Crippen LogP contribution in [0.5, 0.6) is 0 Å². The lowest BCUT2D eigenvalue weighted by molar-refractivity contribution is -0.384. The Morgan fingerprint density at radius 3 is 2.60 bits per heavy atom. The van der Waals surface area contributed by atoms with E-state index in [0.29, 0.717) is 17.3 Å². The van der Waals surface area contributed by atoms with Crippen LogP contribution in [0, 0.1) is 10.1 Å². The molecule has 0 radical (unpaired) electrons. The third-order valence-electron chi connectivity index (χ3n) is 5.22. The van der Waals surface area contributed by atoms with Gasteiger partial charge >= 0.3 is 7.82 Å². The molecule has 0 bridgehead atoms. The monoisotopic (exact) mass is 528 g/mol. The van der Waals surface area contributed by atoms with Gasteiger partial charge in [-0.15, -0.1) is 0 Å². The van der Waals surface area contributed by atoms with Crippen molar-refractivity contribution in [3.05, 3.63) is 46.3 Å². The second-order valence-electron chi connectivity index (χ2n) is 7.57. The second kappa shape index (κ2) is 10.1. The molecule has 6 N–H and O–H groups in total. The van der Waals surface area contributed by atoms with Crippen molar-refractivity contribution in [2.45, 2.75) is 36.1 Å². The number of nitro benzene ring substituents is 1. The number of aliphatic hydroxyl groups excluding tert-OH is 2. The number of benzene rings is 1. The topological polar surface area (TPSA) is 229 Å². The highest BCUT2D eigenvalue weighted by molar-refractivity contribution is 7.99. The molecule has 0 spiro atoms. The molecule has 35 heavy (non-hydrogen) atoms. The molecule has 4 atom stereocenters. The van der Waals surface area contributed by atoms with Gasteiger partial charge in [0.2, 0.25) is 0 Å². The number of thioether (sulfide) groups is 1. The average molecular weight is 528 g/mol. The van der Waals surface area contributed by atoms with Gasteiger partial charge in [0.15, 0.2) is 22.8 Å². The number of nitro groups is 1. The lowest BCUT2D eigenvalue weighted by Crippen LogP contribution is -2.33. The number of non-ortho nitro benzene ring substituents is 1. The average Bonchev–Trinajstić information content (AvgIpc) is 3.34. The number of aromatic nitrogens is 4. The van der Waals surface area contributed by atoms with E-state index in [-0.39, 0.29) is 22.7 Å². The number of aryl methyl sites for hydroxylation is 1. The third-order valence-corrected chi connectivity index (χ3v) is 6.55. The molecule has 0 aliphatic carbocycles. The highest BCUT2D eigenvalue weighted by Gasteiger charge is 2.45. The summed E-state index contributed by atoms with van der Waals surface area (Å²) in [6.07, 6.45) is -3.46. The van der Waals surface area contributed by atoms with E-state index in [1.165, 1.54) is 34.8 Å². The lowest BCUT2D eigenvalue weighted by atomic mass is 10.1. The molecule has 3 heterocycles. The Hall–Kier alpha value is -2.69. The molecule has 15 nitrogen and oxygen atoms in total. The zero-order chi connectivity index (χ0) is 25.3. The van der Waals surface area contributed by atoms with Crippen LogP contribution < -0.4 is 5.73 Å². The Bertz CT molecular complexity index is 1270. The first-order valence-electron chi connectivity index (χ1n) is 10.1. The molecular formula is C18H21N6O9PS. The molecule has 2 aromatic heterocycles. The smallest absolute Gasteiger partial charge is 0.387 e. The number of phosphoric acid groups is 1. The Balaban J connectivity index is 1.48. The van der Waals surface area contributed by atoms with Crippen LogP contribution in [-0.2, 0) is 20.2 Å². The van der Waals surface area contributed by atoms with E-state index in [9.17, 15) is 24.9 Å². The molecule has 1 aromatic carbocycles. The number of aliphatic hydroxyl groups is 2. The van der Waals surface area contributed by atoms with Crippen LogP contribution in [0.15, 0.2) is 35.7 Å². The van der Waals surface area contributed by atoms with E-state index in [2.05, 4.69) is 19.5 Å². The van der Waals surface area contributed by atoms with Gasteiger partial charge < -0.3 is 30.5 Å². The van der Waals surface area contributed by atoms with Gasteiger partial charge in [0, 0.05) is 17.9 Å². The van der Waals surface area contributed by atoms with E-state index < -0.39 is 43.9 Å². The van der Waals surface area contributed by atoms with Crippen LogP contribution >= 0.6 is 19.6 Å². The van der Waals surface area contributed by atoms with E-state index in [0.717, 1.165) is 5.56 Å². The minimum absolute atomic E-state index is 0.00759. The largest absolute Gasteiger partial charge is 0.469 e. The number of anilines is 1. The number of imidazole rings is 1. The van der Waals surface area contributed by atoms with E-state index in [4.69, 9.17) is 20.3 Å². The number of hydrogen-bond acceptors (Lipinski definition) is 12. The van der Waals surface area contributed by atoms with E-state index >= 15 is 0 Å². The fourth-order valence-corrected chi connectivity index (χ4v) is 4.66. The van der Waals surface area contributed by atoms with Crippen molar-refractivity contribution in [3.63, 3.8) is 0 Å². The zero-order valence-electron chi connectivity index (χ0n) is 17.8. The van der Waals surface area contributed by atoms with Gasteiger partial charge in [-0.05, 0) is 12.0 Å². The predicted octanol–water partition coefficient (Wildman–Crippen LogP) is 0.380. The molecular weight excluding hydrogens is 507 g/mol. The summed E-state index contributed by atoms with van der Waals surface area (Å²) in [5, 5.41) is 31.8. The molecule has 4 rings (SSSR count). The Morgan fingerprint density at radius 1 is 1.23 bits per heavy atom. The van der Waals surface area contributed by atoms with Crippen LogP contribution in [-0.4, -0.2) is 75.1 Å². The number of phosphoric ester groups is 1. The van der Waals surface area contributed by atoms with E-state index in [1.54, 1.807) is 12.1 Å². The van der Waals surface area contributed by atoms with Crippen molar-refractivity contribution in [1.29, 1.82) is 0 Å². The van der Waals surface area contributed by atoms with Crippen molar-refractivity contribution in [2.75, 3.05) is 18.1 Å². The first-order chi connectivity index (χ1) is 16.5. The quantitative estimate of drug-likeness (QED) is 0.0831. The van der Waals surface area contributed by atoms with Gasteiger partial charge in [-0.2, -0.15) is 0 Å². The summed E-state index contributed by atoms with van der Waals surface area (Å²) in [7, 11) is -4.80. The SMILES string of the molecule is Nc1nc(SCCc2ccc([N+](=O)[O-])cc2)nc2c1ncn2[C@@H]1O[C@H](COP(=O)(O)O)[C@@H](O)[C@H]1O. The number of hydrogen-bond donors (Lipinski definition) is 5. The first-order valence-corrected chi connectivity index (χ1v) is 12.6. The molecule has 1 saturated heterocycles. The summed E-state index contributed by atoms with van der Waals surface area (Å²) in [6.45, 7) is -0.646. The van der Waals surface area contributed by atoms with Crippen LogP contribution in [0.25, 0.3) is 11.2 Å². The maximum Gasteiger partial charge on any atom is 0.469 e. The summed E-state index contributed by atoms with van der Waals surface area (Å²) in [5.74, 6) is 0.626. The van der Waals surface area contributed by atoms with E-state index in [1.807, 2.05) is 0 Å². The summed E-state index contributed by atoms with van der Waals surface area (Å²) in [5.41, 5.74) is 7.38. The van der Waals surface area contributed by atoms with Crippen LogP contribution in [0.1, 0.15) is 11.8 Å². The molecule has 3 aromatic rings. The standard InChI is InChI=1S/C18H21N6O9PS/c19-15-12-16(22-18(21-15)35-6-5-9-1-3-10(4-2-9)24(27)28)23(8-20-12)17-14(26)13(25)11(33-17)7-32-34(29,30)31/h1-4,8,11,13-14,17,25-26H,5-7H2,(H2,19,21,22)(H2,29,30,31)/t11-,13-,14-,17-/m1/s1. The number of fused-ring (bicyclic) bond motifs is 1. The van der Waals surface area contributed by atoms with Crippen LogP contribution in [0.2, 0.25) is 0 Å². The lowest BCUT2D eigenvalue weighted by Gasteiger charge is -2.17. The van der Waals surface area contributed by atoms with Gasteiger partial charge in [-0.1, -0.05) is 23.9 Å². The van der Waals surface area contributed by atoms with Gasteiger partial charge in [0.25, 0.3) is 5.69 Å². The van der Waals surface area contributed by atoms with Gasteiger partial charge in [0.05, 0.1) is 17.9 Å². The summed E-state index contributed by atoms with van der Waals surface area (Å²) in [4.78, 5) is 40.8. The third kappa shape index (κ3) is 5.76. The molecule has 17 heteroatoms. The van der Waals surface area contributed by atoms with Crippen LogP contribution in [0.3, 0.4) is 0 Å². The molecule has 188 valence electrons. The number of nitrogens with two attached hydrogens (primary N) is 1. The van der Waals surface area contributed by atoms with Crippen molar-refractivity contribution >= 4 is 42.3 Å². The van der Waals surface area contributed by atoms with Crippen molar-refractivity contribution in [3.8, 4) is 0 Å². The maximum atomic E-state index is 11.0. The normalized spacial score (nSPS) is 22.6. The molecule has 1 aliphatic heterocycles. The minimum atomic E-state index is -4.80. The van der Waals surface area contributed by atoms with Crippen molar-refractivity contribution < 1.29 is 38.7 Å². The molecule has 1 fully saturated rings. The predicted molar refractivity (Wildman–Crippen MR) is 121 cm³/mol. The second-order valence-corrected chi connectivity index (χ2v) is 9.87. The number of ether oxygens (including phenoxy) is 1. The van der Waals surface area contributed by atoms with Crippen molar-refractivity contribution in [1.82, 2.24) is 19.5 Å². The Kier molecular flexibility index (Phi) is 7.35. The van der Waals surface area contributed by atoms with Gasteiger partial charge in [-0.25, -0.2) is 19.5 Å². The van der Waals surface area contributed by atoms with Crippen molar-refractivity contribution in [2.24, 2.45) is 0 Å². The minimum Gasteiger partial charge on any atom is -0.387 e.